The second-order valence-corrected chi connectivity index (χ2v) is 7.77. The van der Waals surface area contributed by atoms with E-state index in [1.54, 1.807) is 37.5 Å². The van der Waals surface area contributed by atoms with Crippen LogP contribution >= 0.6 is 11.8 Å². The molecular weight excluding hydrogens is 412 g/mol. The van der Waals surface area contributed by atoms with Crippen molar-refractivity contribution in [1.82, 2.24) is 14.8 Å². The molecule has 0 saturated carbocycles. The van der Waals surface area contributed by atoms with Crippen LogP contribution in [0.2, 0.25) is 0 Å². The molecule has 3 aromatic rings. The van der Waals surface area contributed by atoms with E-state index in [-0.39, 0.29) is 17.8 Å². The number of nitrogens with one attached hydrogen (secondary N) is 1. The molecule has 162 valence electrons. The van der Waals surface area contributed by atoms with Crippen molar-refractivity contribution in [2.24, 2.45) is 0 Å². The van der Waals surface area contributed by atoms with Crippen molar-refractivity contribution in [1.29, 1.82) is 0 Å². The number of aromatic nitrogens is 3. The van der Waals surface area contributed by atoms with Crippen molar-refractivity contribution >= 4 is 23.4 Å². The van der Waals surface area contributed by atoms with Gasteiger partial charge in [-0.2, -0.15) is 0 Å². The number of hydrogen-bond acceptors (Lipinski definition) is 6. The minimum atomic E-state index is -0.309. The maximum Gasteiger partial charge on any atom is 0.234 e. The van der Waals surface area contributed by atoms with Crippen LogP contribution in [0.1, 0.15) is 24.4 Å². The number of benzene rings is 2. The van der Waals surface area contributed by atoms with Gasteiger partial charge in [-0.1, -0.05) is 36.0 Å². The highest BCUT2D eigenvalue weighted by molar-refractivity contribution is 7.99. The number of rotatable bonds is 10. The number of amides is 1. The van der Waals surface area contributed by atoms with Crippen molar-refractivity contribution in [3.8, 4) is 11.5 Å². The number of anilines is 1. The zero-order valence-corrected chi connectivity index (χ0v) is 18.7. The average Bonchev–Trinajstić information content (AvgIpc) is 3.17. The van der Waals surface area contributed by atoms with Crippen molar-refractivity contribution in [3.63, 3.8) is 0 Å². The van der Waals surface area contributed by atoms with Gasteiger partial charge in [0, 0.05) is 12.2 Å². The van der Waals surface area contributed by atoms with Gasteiger partial charge < -0.3 is 14.8 Å². The summed E-state index contributed by atoms with van der Waals surface area (Å²) in [5.74, 6) is 2.29. The van der Waals surface area contributed by atoms with Crippen LogP contribution in [-0.2, 0) is 11.3 Å². The van der Waals surface area contributed by atoms with Crippen LogP contribution in [0, 0.1) is 6.92 Å². The first kappa shape index (κ1) is 22.4. The van der Waals surface area contributed by atoms with Crippen LogP contribution in [-0.4, -0.2) is 33.5 Å². The quantitative estimate of drug-likeness (QED) is 0.367. The Morgan fingerprint density at radius 1 is 1.23 bits per heavy atom. The molecule has 31 heavy (non-hydrogen) atoms. The number of thioether (sulfide) groups is 1. The van der Waals surface area contributed by atoms with Gasteiger partial charge in [0.15, 0.2) is 17.1 Å². The fourth-order valence-corrected chi connectivity index (χ4v) is 3.70. The molecule has 8 heteroatoms. The smallest absolute Gasteiger partial charge is 0.234 e. The van der Waals surface area contributed by atoms with Gasteiger partial charge in [-0.15, -0.1) is 16.8 Å². The Labute approximate surface area is 186 Å². The van der Waals surface area contributed by atoms with E-state index in [9.17, 15) is 4.79 Å². The number of carbonyl (C=O) groups excluding carboxylic acids is 1. The van der Waals surface area contributed by atoms with Crippen molar-refractivity contribution in [2.75, 3.05) is 18.2 Å². The Morgan fingerprint density at radius 2 is 1.97 bits per heavy atom. The van der Waals surface area contributed by atoms with Crippen molar-refractivity contribution in [3.05, 3.63) is 72.6 Å². The van der Waals surface area contributed by atoms with Crippen LogP contribution in [0.5, 0.6) is 11.5 Å². The molecule has 0 fully saturated rings. The van der Waals surface area contributed by atoms with Gasteiger partial charge >= 0.3 is 0 Å². The summed E-state index contributed by atoms with van der Waals surface area (Å²) >= 11 is 1.32. The number of carbonyl (C=O) groups is 1. The number of nitrogens with zero attached hydrogens (tertiary/aromatic N) is 3. The number of aryl methyl sites for hydroxylation is 1. The first-order valence-corrected chi connectivity index (χ1v) is 10.8. The lowest BCUT2D eigenvalue weighted by atomic mass is 10.2. The van der Waals surface area contributed by atoms with E-state index >= 15 is 0 Å². The molecule has 0 saturated heterocycles. The SMILES string of the molecule is C=CCn1c(SCC(=O)Nc2ccc(OC)cc2)nnc1C(C)Oc1ccccc1C. The Kier molecular flexibility index (Phi) is 7.72. The number of allylic oxidation sites excluding steroid dienone is 1. The van der Waals surface area contributed by atoms with Gasteiger partial charge in [0.2, 0.25) is 5.91 Å². The van der Waals surface area contributed by atoms with E-state index in [1.165, 1.54) is 11.8 Å². The monoisotopic (exact) mass is 438 g/mol. The molecule has 3 rings (SSSR count). The topological polar surface area (TPSA) is 78.3 Å². The first-order chi connectivity index (χ1) is 15.0. The summed E-state index contributed by atoms with van der Waals surface area (Å²) in [5.41, 5.74) is 1.76. The molecule has 1 aromatic heterocycles. The van der Waals surface area contributed by atoms with Crippen LogP contribution in [0.25, 0.3) is 0 Å². The van der Waals surface area contributed by atoms with E-state index in [0.717, 1.165) is 17.1 Å². The molecule has 0 aliphatic rings. The molecule has 0 radical (unpaired) electrons. The minimum absolute atomic E-state index is 0.130. The summed E-state index contributed by atoms with van der Waals surface area (Å²) in [5, 5.41) is 12.1. The lowest BCUT2D eigenvalue weighted by Gasteiger charge is -2.17. The number of methoxy groups -OCH3 is 1. The van der Waals surface area contributed by atoms with Crippen LogP contribution in [0.3, 0.4) is 0 Å². The Balaban J connectivity index is 1.65. The molecule has 0 spiro atoms. The van der Waals surface area contributed by atoms with Gasteiger partial charge in [-0.05, 0) is 49.7 Å². The predicted octanol–water partition coefficient (Wildman–Crippen LogP) is 4.65. The highest BCUT2D eigenvalue weighted by atomic mass is 32.2. The van der Waals surface area contributed by atoms with Gasteiger partial charge in [0.25, 0.3) is 0 Å². The standard InChI is InChI=1S/C23H26N4O3S/c1-5-14-27-22(17(3)30-20-9-7-6-8-16(20)2)25-26-23(27)31-15-21(28)24-18-10-12-19(29-4)13-11-18/h5-13,17H,1,14-15H2,2-4H3,(H,24,28). The third kappa shape index (κ3) is 5.88. The summed E-state index contributed by atoms with van der Waals surface area (Å²) in [6, 6.07) is 15.0. The molecule has 1 unspecified atom stereocenters. The molecule has 1 N–H and O–H groups in total. The Morgan fingerprint density at radius 3 is 2.65 bits per heavy atom. The summed E-state index contributed by atoms with van der Waals surface area (Å²) in [6.45, 7) is 8.28. The summed E-state index contributed by atoms with van der Waals surface area (Å²) < 4.78 is 13.1. The molecule has 0 bridgehead atoms. The second-order valence-electron chi connectivity index (χ2n) is 6.83. The molecule has 2 aromatic carbocycles. The summed E-state index contributed by atoms with van der Waals surface area (Å²) in [6.07, 6.45) is 1.46. The summed E-state index contributed by atoms with van der Waals surface area (Å²) in [7, 11) is 1.60. The molecule has 7 nitrogen and oxygen atoms in total. The molecule has 1 amide bonds. The third-order valence-corrected chi connectivity index (χ3v) is 5.49. The average molecular weight is 439 g/mol. The number of ether oxygens (including phenoxy) is 2. The molecule has 0 aliphatic carbocycles. The van der Waals surface area contributed by atoms with Gasteiger partial charge in [-0.25, -0.2) is 0 Å². The third-order valence-electron chi connectivity index (χ3n) is 4.52. The fourth-order valence-electron chi connectivity index (χ4n) is 2.94. The maximum atomic E-state index is 12.4. The van der Waals surface area contributed by atoms with Crippen LogP contribution in [0.15, 0.2) is 66.3 Å². The van der Waals surface area contributed by atoms with Gasteiger partial charge in [0.05, 0.1) is 12.9 Å². The highest BCUT2D eigenvalue weighted by Gasteiger charge is 2.20. The lowest BCUT2D eigenvalue weighted by Crippen LogP contribution is -2.15. The second kappa shape index (κ2) is 10.7. The van der Waals surface area contributed by atoms with E-state index in [0.29, 0.717) is 23.2 Å². The van der Waals surface area contributed by atoms with Crippen LogP contribution < -0.4 is 14.8 Å². The molecular formula is C23H26N4O3S. The molecule has 0 aliphatic heterocycles. The Hall–Kier alpha value is -3.26. The lowest BCUT2D eigenvalue weighted by molar-refractivity contribution is -0.113. The predicted molar refractivity (Wildman–Crippen MR) is 123 cm³/mol. The summed E-state index contributed by atoms with van der Waals surface area (Å²) in [4.78, 5) is 12.4. The fraction of sp³-hybridized carbons (Fsp3) is 0.261. The van der Waals surface area contributed by atoms with Crippen molar-refractivity contribution < 1.29 is 14.3 Å². The van der Waals surface area contributed by atoms with Crippen molar-refractivity contribution in [2.45, 2.75) is 31.7 Å². The van der Waals surface area contributed by atoms with E-state index < -0.39 is 0 Å². The molecule has 1 atom stereocenters. The first-order valence-electron chi connectivity index (χ1n) is 9.84. The van der Waals surface area contributed by atoms with Gasteiger partial charge in [-0.3, -0.25) is 9.36 Å². The van der Waals surface area contributed by atoms with Crippen LogP contribution in [0.4, 0.5) is 5.69 Å². The largest absolute Gasteiger partial charge is 0.497 e. The number of hydrogen-bond donors (Lipinski definition) is 1. The van der Waals surface area contributed by atoms with E-state index in [4.69, 9.17) is 9.47 Å². The molecule has 1 heterocycles. The number of para-hydroxylation sites is 1. The van der Waals surface area contributed by atoms with E-state index in [2.05, 4.69) is 22.1 Å². The minimum Gasteiger partial charge on any atom is -0.497 e. The van der Waals surface area contributed by atoms with Gasteiger partial charge in [0.1, 0.15) is 11.5 Å². The normalized spacial score (nSPS) is 11.6. The van der Waals surface area contributed by atoms with E-state index in [1.807, 2.05) is 42.7 Å². The highest BCUT2D eigenvalue weighted by Crippen LogP contribution is 2.26. The maximum absolute atomic E-state index is 12.4. The zero-order valence-electron chi connectivity index (χ0n) is 17.9. The Bertz CT molecular complexity index is 1030. The zero-order chi connectivity index (χ0) is 22.2.